The van der Waals surface area contributed by atoms with Crippen LogP contribution < -0.4 is 10.9 Å². The number of aromatic nitrogens is 4. The molecule has 4 rings (SSSR count). The smallest absolute Gasteiger partial charge is 0.267 e. The van der Waals surface area contributed by atoms with Gasteiger partial charge in [0.2, 0.25) is 0 Å². The number of ether oxygens (including phenoxy) is 1. The molecule has 0 bridgehead atoms. The van der Waals surface area contributed by atoms with Crippen LogP contribution in [-0.4, -0.2) is 56.1 Å². The molecule has 1 unspecified atom stereocenters. The molecule has 1 saturated heterocycles. The van der Waals surface area contributed by atoms with Crippen LogP contribution in [0, 0.1) is 13.8 Å². The van der Waals surface area contributed by atoms with Gasteiger partial charge in [0.1, 0.15) is 5.60 Å². The molecule has 2 aliphatic rings. The maximum Gasteiger partial charge on any atom is 0.267 e. The van der Waals surface area contributed by atoms with Crippen molar-refractivity contribution in [2.45, 2.75) is 63.6 Å². The van der Waals surface area contributed by atoms with Gasteiger partial charge in [0, 0.05) is 37.4 Å². The average molecular weight is 387 g/mol. The van der Waals surface area contributed by atoms with Gasteiger partial charge in [0.05, 0.1) is 18.3 Å². The minimum Gasteiger partial charge on any atom is -0.386 e. The first-order valence-corrected chi connectivity index (χ1v) is 10.1. The number of nitrogens with one attached hydrogen (secondary N) is 1. The van der Waals surface area contributed by atoms with Crippen LogP contribution in [0.25, 0.3) is 5.82 Å². The predicted octanol–water partition coefficient (Wildman–Crippen LogP) is 1.27. The second-order valence-electron chi connectivity index (χ2n) is 8.23. The Morgan fingerprint density at radius 1 is 1.25 bits per heavy atom. The number of aliphatic hydroxyl groups is 1. The molecule has 8 heteroatoms. The van der Waals surface area contributed by atoms with Crippen LogP contribution in [0.15, 0.2) is 23.0 Å². The van der Waals surface area contributed by atoms with Crippen molar-refractivity contribution in [2.24, 2.45) is 0 Å². The van der Waals surface area contributed by atoms with Gasteiger partial charge in [-0.05, 0) is 51.7 Å². The molecule has 8 nitrogen and oxygen atoms in total. The molecule has 3 heterocycles. The summed E-state index contributed by atoms with van der Waals surface area (Å²) in [4.78, 5) is 12.4. The van der Waals surface area contributed by atoms with Crippen molar-refractivity contribution in [3.8, 4) is 5.82 Å². The van der Waals surface area contributed by atoms with Gasteiger partial charge < -0.3 is 15.2 Å². The molecule has 28 heavy (non-hydrogen) atoms. The number of nitrogens with zero attached hydrogens (tertiary/aromatic N) is 4. The molecule has 152 valence electrons. The van der Waals surface area contributed by atoms with Crippen LogP contribution >= 0.6 is 0 Å². The lowest BCUT2D eigenvalue weighted by atomic mass is 9.90. The van der Waals surface area contributed by atoms with E-state index < -0.39 is 5.60 Å². The zero-order valence-corrected chi connectivity index (χ0v) is 16.6. The normalized spacial score (nSPS) is 28.0. The fourth-order valence-corrected chi connectivity index (χ4v) is 4.25. The quantitative estimate of drug-likeness (QED) is 0.802. The Hall–Kier alpha value is -2.03. The van der Waals surface area contributed by atoms with E-state index in [-0.39, 0.29) is 11.6 Å². The van der Waals surface area contributed by atoms with Crippen molar-refractivity contribution >= 4 is 0 Å². The van der Waals surface area contributed by atoms with Gasteiger partial charge in [-0.2, -0.15) is 5.10 Å². The van der Waals surface area contributed by atoms with E-state index >= 15 is 0 Å². The molecule has 1 aliphatic carbocycles. The summed E-state index contributed by atoms with van der Waals surface area (Å²) in [7, 11) is 0. The molecule has 0 radical (unpaired) electrons. The highest BCUT2D eigenvalue weighted by Gasteiger charge is 2.33. The van der Waals surface area contributed by atoms with Crippen molar-refractivity contribution in [3.63, 3.8) is 0 Å². The summed E-state index contributed by atoms with van der Waals surface area (Å²) >= 11 is 0. The summed E-state index contributed by atoms with van der Waals surface area (Å²) in [6.45, 7) is 5.53. The van der Waals surface area contributed by atoms with E-state index in [2.05, 4.69) is 15.5 Å². The van der Waals surface area contributed by atoms with Crippen molar-refractivity contribution in [2.75, 3.05) is 19.8 Å². The molecule has 0 spiro atoms. The summed E-state index contributed by atoms with van der Waals surface area (Å²) in [5, 5.41) is 23.0. The fourth-order valence-electron chi connectivity index (χ4n) is 4.25. The first-order chi connectivity index (χ1) is 13.4. The van der Waals surface area contributed by atoms with Gasteiger partial charge in [-0.3, -0.25) is 4.79 Å². The second-order valence-corrected chi connectivity index (χ2v) is 8.23. The SMILES string of the molecule is Cc1cc(C)n(-c2ccc(=O)n(C3CCC(NCC4(O)CCOC4)CC3)n2)n1. The van der Waals surface area contributed by atoms with Crippen LogP contribution in [0.4, 0.5) is 0 Å². The Bertz CT molecular complexity index is 876. The van der Waals surface area contributed by atoms with Crippen LogP contribution in [0.5, 0.6) is 0 Å². The Kier molecular flexibility index (Phi) is 5.35. The van der Waals surface area contributed by atoms with Gasteiger partial charge in [-0.15, -0.1) is 5.10 Å². The first kappa shape index (κ1) is 19.3. The Morgan fingerprint density at radius 2 is 2.04 bits per heavy atom. The van der Waals surface area contributed by atoms with E-state index in [0.717, 1.165) is 37.1 Å². The number of hydrogen-bond donors (Lipinski definition) is 2. The molecule has 2 fully saturated rings. The average Bonchev–Trinajstić information content (AvgIpc) is 3.26. The van der Waals surface area contributed by atoms with Crippen LogP contribution in [0.1, 0.15) is 49.5 Å². The fraction of sp³-hybridized carbons (Fsp3) is 0.650. The third kappa shape index (κ3) is 4.04. The Morgan fingerprint density at radius 3 is 2.68 bits per heavy atom. The third-order valence-corrected chi connectivity index (χ3v) is 5.88. The van der Waals surface area contributed by atoms with E-state index in [9.17, 15) is 9.90 Å². The van der Waals surface area contributed by atoms with E-state index in [4.69, 9.17) is 4.74 Å². The second kappa shape index (κ2) is 7.77. The number of aryl methyl sites for hydroxylation is 2. The summed E-state index contributed by atoms with van der Waals surface area (Å²) in [5.74, 6) is 0.675. The summed E-state index contributed by atoms with van der Waals surface area (Å²) in [5.41, 5.74) is 1.12. The zero-order chi connectivity index (χ0) is 19.7. The highest BCUT2D eigenvalue weighted by atomic mass is 16.5. The minimum atomic E-state index is -0.733. The summed E-state index contributed by atoms with van der Waals surface area (Å²) < 4.78 is 8.71. The highest BCUT2D eigenvalue weighted by Crippen LogP contribution is 2.28. The lowest BCUT2D eigenvalue weighted by Gasteiger charge is -2.32. The standard InChI is InChI=1S/C20H29N5O3/c1-14-11-15(2)24(22-14)18-7-8-19(26)25(23-18)17-5-3-16(4-6-17)21-12-20(27)9-10-28-13-20/h7-8,11,16-17,21,27H,3-6,9-10,12-13H2,1-2H3. The Labute approximate surface area is 164 Å². The number of hydrogen-bond acceptors (Lipinski definition) is 6. The molecular formula is C20H29N5O3. The summed E-state index contributed by atoms with van der Waals surface area (Å²) in [6.07, 6.45) is 4.38. The van der Waals surface area contributed by atoms with E-state index in [0.29, 0.717) is 38.0 Å². The molecular weight excluding hydrogens is 358 g/mol. The third-order valence-electron chi connectivity index (χ3n) is 5.88. The molecule has 0 aromatic carbocycles. The zero-order valence-electron chi connectivity index (χ0n) is 16.6. The van der Waals surface area contributed by atoms with Gasteiger partial charge in [-0.1, -0.05) is 0 Å². The van der Waals surface area contributed by atoms with Crippen molar-refractivity contribution in [1.82, 2.24) is 24.9 Å². The number of rotatable bonds is 5. The molecule has 0 amide bonds. The van der Waals surface area contributed by atoms with Crippen LogP contribution in [0.3, 0.4) is 0 Å². The molecule has 1 atom stereocenters. The van der Waals surface area contributed by atoms with Gasteiger partial charge in [-0.25, -0.2) is 9.36 Å². The molecule has 2 aromatic rings. The van der Waals surface area contributed by atoms with E-state index in [1.165, 1.54) is 0 Å². The lowest BCUT2D eigenvalue weighted by molar-refractivity contribution is 0.0232. The molecule has 1 aliphatic heterocycles. The molecule has 2 aromatic heterocycles. The highest BCUT2D eigenvalue weighted by molar-refractivity contribution is 5.24. The predicted molar refractivity (Wildman–Crippen MR) is 105 cm³/mol. The summed E-state index contributed by atoms with van der Waals surface area (Å²) in [6, 6.07) is 5.77. The molecule has 1 saturated carbocycles. The van der Waals surface area contributed by atoms with Crippen molar-refractivity contribution in [1.29, 1.82) is 0 Å². The van der Waals surface area contributed by atoms with Crippen LogP contribution in [0.2, 0.25) is 0 Å². The Balaban J connectivity index is 1.41. The van der Waals surface area contributed by atoms with Gasteiger partial charge >= 0.3 is 0 Å². The van der Waals surface area contributed by atoms with Crippen molar-refractivity contribution in [3.05, 3.63) is 39.9 Å². The lowest BCUT2D eigenvalue weighted by Crippen LogP contribution is -2.46. The largest absolute Gasteiger partial charge is 0.386 e. The maximum atomic E-state index is 12.4. The first-order valence-electron chi connectivity index (χ1n) is 10.1. The van der Waals surface area contributed by atoms with Crippen molar-refractivity contribution < 1.29 is 9.84 Å². The minimum absolute atomic E-state index is 0.0703. The monoisotopic (exact) mass is 387 g/mol. The van der Waals surface area contributed by atoms with Gasteiger partial charge in [0.15, 0.2) is 5.82 Å². The van der Waals surface area contributed by atoms with Gasteiger partial charge in [0.25, 0.3) is 5.56 Å². The van der Waals surface area contributed by atoms with E-state index in [1.807, 2.05) is 19.9 Å². The topological polar surface area (TPSA) is 94.2 Å². The molecule has 2 N–H and O–H groups in total. The maximum absolute atomic E-state index is 12.4. The van der Waals surface area contributed by atoms with Crippen LogP contribution in [-0.2, 0) is 4.74 Å². The van der Waals surface area contributed by atoms with E-state index in [1.54, 1.807) is 21.5 Å².